The summed E-state index contributed by atoms with van der Waals surface area (Å²) in [6, 6.07) is 13.0. The third kappa shape index (κ3) is 4.76. The molecule has 0 aliphatic carbocycles. The minimum absolute atomic E-state index is 0.356. The van der Waals surface area contributed by atoms with Crippen LogP contribution in [0.5, 0.6) is 11.5 Å². The maximum absolute atomic E-state index is 13.4. The molecule has 8 heteroatoms. The van der Waals surface area contributed by atoms with Crippen molar-refractivity contribution >= 4 is 15.9 Å². The summed E-state index contributed by atoms with van der Waals surface area (Å²) in [5, 5.41) is 3.05. The molecule has 1 aliphatic heterocycles. The molecule has 0 radical (unpaired) electrons. The molecule has 2 unspecified atom stereocenters. The van der Waals surface area contributed by atoms with Crippen molar-refractivity contribution in [1.29, 1.82) is 0 Å². The van der Waals surface area contributed by atoms with Crippen molar-refractivity contribution in [1.82, 2.24) is 9.62 Å². The van der Waals surface area contributed by atoms with Crippen molar-refractivity contribution < 1.29 is 22.7 Å². The number of ether oxygens (including phenoxy) is 2. The van der Waals surface area contributed by atoms with E-state index < -0.39 is 27.6 Å². The SMILES string of the molecule is COc1ccc2c(c1)C(NC(=O)C(c1ccccc1)N(C)S(C)(=O)=O)CC(C)(C)O2. The van der Waals surface area contributed by atoms with E-state index in [1.54, 1.807) is 31.4 Å². The van der Waals surface area contributed by atoms with Gasteiger partial charge in [-0.05, 0) is 37.6 Å². The Hall–Kier alpha value is -2.58. The van der Waals surface area contributed by atoms with E-state index in [1.165, 1.54) is 7.05 Å². The maximum Gasteiger partial charge on any atom is 0.243 e. The minimum Gasteiger partial charge on any atom is -0.497 e. The molecular weight excluding hydrogens is 404 g/mol. The van der Waals surface area contributed by atoms with Gasteiger partial charge < -0.3 is 14.8 Å². The highest BCUT2D eigenvalue weighted by Crippen LogP contribution is 2.41. The largest absolute Gasteiger partial charge is 0.497 e. The van der Waals surface area contributed by atoms with Gasteiger partial charge in [0, 0.05) is 19.0 Å². The van der Waals surface area contributed by atoms with E-state index in [2.05, 4.69) is 5.32 Å². The molecule has 1 amide bonds. The second-order valence-corrected chi connectivity index (χ2v) is 10.2. The van der Waals surface area contributed by atoms with Crippen LogP contribution in [0.2, 0.25) is 0 Å². The molecule has 0 saturated carbocycles. The normalized spacial score (nSPS) is 18.8. The number of hydrogen-bond donors (Lipinski definition) is 1. The van der Waals surface area contributed by atoms with Crippen molar-refractivity contribution in [3.8, 4) is 11.5 Å². The highest BCUT2D eigenvalue weighted by atomic mass is 32.2. The Morgan fingerprint density at radius 3 is 2.50 bits per heavy atom. The van der Waals surface area contributed by atoms with Crippen molar-refractivity contribution in [2.24, 2.45) is 0 Å². The summed E-state index contributed by atoms with van der Waals surface area (Å²) in [4.78, 5) is 13.4. The van der Waals surface area contributed by atoms with Gasteiger partial charge in [0.25, 0.3) is 0 Å². The summed E-state index contributed by atoms with van der Waals surface area (Å²) in [6.45, 7) is 3.91. The molecule has 1 heterocycles. The highest BCUT2D eigenvalue weighted by molar-refractivity contribution is 7.88. The van der Waals surface area contributed by atoms with Gasteiger partial charge in [-0.25, -0.2) is 8.42 Å². The predicted molar refractivity (Wildman–Crippen MR) is 115 cm³/mol. The smallest absolute Gasteiger partial charge is 0.243 e. The monoisotopic (exact) mass is 432 g/mol. The lowest BCUT2D eigenvalue weighted by Crippen LogP contribution is -2.46. The number of methoxy groups -OCH3 is 1. The number of sulfonamides is 1. The quantitative estimate of drug-likeness (QED) is 0.758. The first-order valence-electron chi connectivity index (χ1n) is 9.67. The lowest BCUT2D eigenvalue weighted by Gasteiger charge is -2.39. The summed E-state index contributed by atoms with van der Waals surface area (Å²) in [6.07, 6.45) is 1.62. The van der Waals surface area contributed by atoms with Gasteiger partial charge in [0.2, 0.25) is 15.9 Å². The average Bonchev–Trinajstić information content (AvgIpc) is 2.67. The zero-order chi connectivity index (χ0) is 22.1. The number of rotatable bonds is 6. The zero-order valence-corrected chi connectivity index (χ0v) is 18.7. The van der Waals surface area contributed by atoms with Crippen LogP contribution in [0, 0.1) is 0 Å². The van der Waals surface area contributed by atoms with E-state index in [4.69, 9.17) is 9.47 Å². The van der Waals surface area contributed by atoms with Gasteiger partial charge >= 0.3 is 0 Å². The van der Waals surface area contributed by atoms with Gasteiger partial charge in [-0.1, -0.05) is 30.3 Å². The lowest BCUT2D eigenvalue weighted by molar-refractivity contribution is -0.126. The predicted octanol–water partition coefficient (Wildman–Crippen LogP) is 3.05. The van der Waals surface area contributed by atoms with Crippen molar-refractivity contribution in [2.75, 3.05) is 20.4 Å². The molecule has 0 saturated heterocycles. The molecule has 2 aromatic carbocycles. The molecule has 0 aromatic heterocycles. The summed E-state index contributed by atoms with van der Waals surface area (Å²) >= 11 is 0. The number of fused-ring (bicyclic) bond motifs is 1. The van der Waals surface area contributed by atoms with E-state index in [1.807, 2.05) is 38.1 Å². The molecule has 0 bridgehead atoms. The van der Waals surface area contributed by atoms with Gasteiger partial charge in [0.1, 0.15) is 23.1 Å². The number of nitrogens with one attached hydrogen (secondary N) is 1. The standard InChI is InChI=1S/C22H28N2O5S/c1-22(2)14-18(17-13-16(28-4)11-12-19(17)29-22)23-21(25)20(24(3)30(5,26)27)15-9-7-6-8-10-15/h6-13,18,20H,14H2,1-5H3,(H,23,25). The number of amides is 1. The average molecular weight is 433 g/mol. The molecule has 1 aliphatic rings. The molecule has 0 spiro atoms. The maximum atomic E-state index is 13.4. The van der Waals surface area contributed by atoms with Crippen molar-refractivity contribution in [3.63, 3.8) is 0 Å². The van der Waals surface area contributed by atoms with Crippen LogP contribution in [0.15, 0.2) is 48.5 Å². The van der Waals surface area contributed by atoms with Gasteiger partial charge in [-0.3, -0.25) is 4.79 Å². The lowest BCUT2D eigenvalue weighted by atomic mass is 9.89. The molecule has 30 heavy (non-hydrogen) atoms. The first kappa shape index (κ1) is 22.1. The second-order valence-electron chi connectivity index (χ2n) is 8.12. The van der Waals surface area contributed by atoms with E-state index in [-0.39, 0.29) is 6.04 Å². The Morgan fingerprint density at radius 2 is 1.90 bits per heavy atom. The van der Waals surface area contributed by atoms with Crippen molar-refractivity contribution in [3.05, 3.63) is 59.7 Å². The number of benzene rings is 2. The Balaban J connectivity index is 1.98. The number of likely N-dealkylation sites (N-methyl/N-ethyl adjacent to an activating group) is 1. The third-order valence-corrected chi connectivity index (χ3v) is 6.50. The molecule has 1 N–H and O–H groups in total. The van der Waals surface area contributed by atoms with Crippen LogP contribution >= 0.6 is 0 Å². The van der Waals surface area contributed by atoms with Crippen LogP contribution in [-0.2, 0) is 14.8 Å². The fourth-order valence-corrected chi connectivity index (χ4v) is 4.29. The van der Waals surface area contributed by atoms with Gasteiger partial charge in [-0.2, -0.15) is 4.31 Å². The van der Waals surface area contributed by atoms with Crippen LogP contribution < -0.4 is 14.8 Å². The van der Waals surface area contributed by atoms with Crippen LogP contribution in [-0.4, -0.2) is 44.6 Å². The van der Waals surface area contributed by atoms with Crippen LogP contribution in [0.1, 0.15) is 43.5 Å². The summed E-state index contributed by atoms with van der Waals surface area (Å²) in [7, 11) is -0.609. The van der Waals surface area contributed by atoms with Crippen LogP contribution in [0.25, 0.3) is 0 Å². The minimum atomic E-state index is -3.60. The fraction of sp³-hybridized carbons (Fsp3) is 0.409. The zero-order valence-electron chi connectivity index (χ0n) is 17.9. The molecular formula is C22H28N2O5S. The van der Waals surface area contributed by atoms with Crippen molar-refractivity contribution in [2.45, 2.75) is 38.0 Å². The fourth-order valence-electron chi connectivity index (χ4n) is 3.69. The molecule has 162 valence electrons. The Kier molecular flexibility index (Phi) is 6.10. The number of nitrogens with zero attached hydrogens (tertiary/aromatic N) is 1. The highest BCUT2D eigenvalue weighted by Gasteiger charge is 2.38. The first-order valence-corrected chi connectivity index (χ1v) is 11.5. The second kappa shape index (κ2) is 8.28. The van der Waals surface area contributed by atoms with Crippen LogP contribution in [0.3, 0.4) is 0 Å². The van der Waals surface area contributed by atoms with E-state index in [9.17, 15) is 13.2 Å². The van der Waals surface area contributed by atoms with E-state index >= 15 is 0 Å². The topological polar surface area (TPSA) is 84.9 Å². The molecule has 3 rings (SSSR count). The van der Waals surface area contributed by atoms with E-state index in [0.717, 1.165) is 16.1 Å². The number of hydrogen-bond acceptors (Lipinski definition) is 5. The summed E-state index contributed by atoms with van der Waals surface area (Å²) in [5.74, 6) is 0.930. The van der Waals surface area contributed by atoms with Gasteiger partial charge in [0.15, 0.2) is 0 Å². The van der Waals surface area contributed by atoms with Crippen LogP contribution in [0.4, 0.5) is 0 Å². The molecule has 0 fully saturated rings. The Bertz CT molecular complexity index is 1020. The summed E-state index contributed by atoms with van der Waals surface area (Å²) < 4.78 is 37.0. The van der Waals surface area contributed by atoms with E-state index in [0.29, 0.717) is 23.5 Å². The van der Waals surface area contributed by atoms with Gasteiger partial charge in [0.05, 0.1) is 19.4 Å². The molecule has 2 atom stereocenters. The third-order valence-electron chi connectivity index (χ3n) is 5.24. The molecule has 7 nitrogen and oxygen atoms in total. The summed E-state index contributed by atoms with van der Waals surface area (Å²) in [5.41, 5.74) is 0.904. The number of carbonyl (C=O) groups excluding carboxylic acids is 1. The Morgan fingerprint density at radius 1 is 1.23 bits per heavy atom. The Labute approximate surface area is 178 Å². The molecule has 2 aromatic rings. The van der Waals surface area contributed by atoms with Gasteiger partial charge in [-0.15, -0.1) is 0 Å². The first-order chi connectivity index (χ1) is 14.0. The number of carbonyl (C=O) groups is 1.